The van der Waals surface area contributed by atoms with E-state index in [-0.39, 0.29) is 25.5 Å². The molecule has 1 N–H and O–H groups in total. The van der Waals surface area contributed by atoms with Crippen molar-refractivity contribution in [2.45, 2.75) is 26.3 Å². The van der Waals surface area contributed by atoms with Crippen molar-refractivity contribution < 1.29 is 19.4 Å². The van der Waals surface area contributed by atoms with E-state index in [1.54, 1.807) is 4.68 Å². The van der Waals surface area contributed by atoms with Crippen LogP contribution in [0.2, 0.25) is 0 Å². The summed E-state index contributed by atoms with van der Waals surface area (Å²) in [5.74, 6) is -1.34. The summed E-state index contributed by atoms with van der Waals surface area (Å²) in [5, 5.41) is 17.5. The summed E-state index contributed by atoms with van der Waals surface area (Å²) >= 11 is 0. The lowest BCUT2D eigenvalue weighted by molar-refractivity contribution is -0.158. The number of benzene rings is 1. The van der Waals surface area contributed by atoms with Crippen molar-refractivity contribution in [2.75, 3.05) is 19.8 Å². The zero-order valence-electron chi connectivity index (χ0n) is 14.2. The number of amides is 1. The zero-order valence-corrected chi connectivity index (χ0v) is 14.2. The van der Waals surface area contributed by atoms with Crippen LogP contribution in [0.4, 0.5) is 0 Å². The van der Waals surface area contributed by atoms with Gasteiger partial charge in [-0.25, -0.2) is 9.48 Å². The van der Waals surface area contributed by atoms with Gasteiger partial charge in [0, 0.05) is 6.54 Å². The average molecular weight is 344 g/mol. The molecule has 8 nitrogen and oxygen atoms in total. The van der Waals surface area contributed by atoms with Crippen LogP contribution >= 0.6 is 0 Å². The van der Waals surface area contributed by atoms with Crippen LogP contribution in [0.5, 0.6) is 0 Å². The van der Waals surface area contributed by atoms with Crippen LogP contribution in [-0.4, -0.2) is 62.7 Å². The van der Waals surface area contributed by atoms with Gasteiger partial charge in [-0.1, -0.05) is 22.9 Å². The number of carboxylic acids is 1. The number of ether oxygens (including phenoxy) is 1. The maximum atomic E-state index is 12.6. The van der Waals surface area contributed by atoms with Gasteiger partial charge in [-0.15, -0.1) is 5.10 Å². The van der Waals surface area contributed by atoms with Crippen molar-refractivity contribution in [2.24, 2.45) is 0 Å². The van der Waals surface area contributed by atoms with E-state index in [2.05, 4.69) is 10.3 Å². The monoisotopic (exact) mass is 344 g/mol. The lowest BCUT2D eigenvalue weighted by Gasteiger charge is -2.32. The molecule has 3 rings (SSSR count). The average Bonchev–Trinajstić information content (AvgIpc) is 2.96. The van der Waals surface area contributed by atoms with Crippen LogP contribution in [0.15, 0.2) is 24.3 Å². The summed E-state index contributed by atoms with van der Waals surface area (Å²) in [5.41, 5.74) is 3.31. The molecule has 0 saturated carbocycles. The first-order valence-electron chi connectivity index (χ1n) is 8.05. The van der Waals surface area contributed by atoms with Crippen LogP contribution in [-0.2, 0) is 20.7 Å². The number of hydrogen-bond donors (Lipinski definition) is 1. The Morgan fingerprint density at radius 1 is 1.28 bits per heavy atom. The van der Waals surface area contributed by atoms with E-state index in [4.69, 9.17) is 4.74 Å². The van der Waals surface area contributed by atoms with E-state index in [0.717, 1.165) is 16.9 Å². The summed E-state index contributed by atoms with van der Waals surface area (Å²) < 4.78 is 6.84. The predicted molar refractivity (Wildman–Crippen MR) is 88.5 cm³/mol. The van der Waals surface area contributed by atoms with Crippen LogP contribution in [0.25, 0.3) is 5.69 Å². The van der Waals surface area contributed by atoms with Crippen LogP contribution in [0.1, 0.15) is 17.0 Å². The van der Waals surface area contributed by atoms with Crippen molar-refractivity contribution in [1.29, 1.82) is 0 Å². The number of aromatic nitrogens is 3. The van der Waals surface area contributed by atoms with E-state index in [1.165, 1.54) is 4.90 Å². The minimum absolute atomic E-state index is 0.0100. The highest BCUT2D eigenvalue weighted by Crippen LogP contribution is 2.15. The summed E-state index contributed by atoms with van der Waals surface area (Å²) in [6.07, 6.45) is 0.0154. The number of carbonyl (C=O) groups is 2. The quantitative estimate of drug-likeness (QED) is 0.878. The van der Waals surface area contributed by atoms with Crippen LogP contribution in [0.3, 0.4) is 0 Å². The highest BCUT2D eigenvalue weighted by Gasteiger charge is 2.33. The molecule has 1 fully saturated rings. The third-order valence-corrected chi connectivity index (χ3v) is 4.32. The van der Waals surface area contributed by atoms with Gasteiger partial charge in [0.1, 0.15) is 0 Å². The van der Waals surface area contributed by atoms with Gasteiger partial charge in [-0.2, -0.15) is 0 Å². The lowest BCUT2D eigenvalue weighted by atomic mass is 10.1. The fourth-order valence-corrected chi connectivity index (χ4v) is 2.81. The number of carbonyl (C=O) groups excluding carboxylic acids is 1. The molecule has 2 heterocycles. The minimum Gasteiger partial charge on any atom is -0.480 e. The standard InChI is InChI=1S/C17H20N4O4/c1-11-3-5-13(6-4-11)21-12(2)14(18-19-21)9-16(22)20-7-8-25-10-15(20)17(23)24/h3-6,15H,7-10H2,1-2H3,(H,23,24)/t15-/m1/s1. The Morgan fingerprint density at radius 3 is 2.68 bits per heavy atom. The highest BCUT2D eigenvalue weighted by atomic mass is 16.5. The van der Waals surface area contributed by atoms with Crippen molar-refractivity contribution in [3.05, 3.63) is 41.2 Å². The Hall–Kier alpha value is -2.74. The number of morpholine rings is 1. The fourth-order valence-electron chi connectivity index (χ4n) is 2.81. The molecule has 0 spiro atoms. The maximum Gasteiger partial charge on any atom is 0.328 e. The molecule has 132 valence electrons. The third kappa shape index (κ3) is 3.53. The second kappa shape index (κ2) is 7.02. The fraction of sp³-hybridized carbons (Fsp3) is 0.412. The second-order valence-electron chi connectivity index (χ2n) is 6.06. The Morgan fingerprint density at radius 2 is 2.00 bits per heavy atom. The molecule has 1 aromatic carbocycles. The number of aryl methyl sites for hydroxylation is 1. The van der Waals surface area contributed by atoms with Crippen molar-refractivity contribution in [3.63, 3.8) is 0 Å². The third-order valence-electron chi connectivity index (χ3n) is 4.32. The molecule has 8 heteroatoms. The molecular formula is C17H20N4O4. The zero-order chi connectivity index (χ0) is 18.0. The highest BCUT2D eigenvalue weighted by molar-refractivity contribution is 5.85. The topological polar surface area (TPSA) is 97.5 Å². The van der Waals surface area contributed by atoms with Crippen molar-refractivity contribution in [3.8, 4) is 5.69 Å². The molecule has 2 aromatic rings. The van der Waals surface area contributed by atoms with Gasteiger partial charge in [0.25, 0.3) is 0 Å². The molecule has 0 bridgehead atoms. The largest absolute Gasteiger partial charge is 0.480 e. The first-order valence-corrected chi connectivity index (χ1v) is 8.05. The molecule has 1 amide bonds. The Bertz CT molecular complexity index is 784. The number of aliphatic carboxylic acids is 1. The number of nitrogens with zero attached hydrogens (tertiary/aromatic N) is 4. The molecular weight excluding hydrogens is 324 g/mol. The first-order chi connectivity index (χ1) is 12.0. The number of carboxylic acid groups (broad SMARTS) is 1. The number of hydrogen-bond acceptors (Lipinski definition) is 5. The van der Waals surface area contributed by atoms with E-state index >= 15 is 0 Å². The van der Waals surface area contributed by atoms with E-state index in [9.17, 15) is 14.7 Å². The van der Waals surface area contributed by atoms with Gasteiger partial charge >= 0.3 is 5.97 Å². The molecule has 0 unspecified atom stereocenters. The molecule has 1 aliphatic heterocycles. The molecule has 1 aromatic heterocycles. The smallest absolute Gasteiger partial charge is 0.328 e. The number of rotatable bonds is 4. The normalized spacial score (nSPS) is 17.5. The van der Waals surface area contributed by atoms with E-state index < -0.39 is 12.0 Å². The van der Waals surface area contributed by atoms with Gasteiger partial charge in [-0.3, -0.25) is 4.79 Å². The molecule has 1 aliphatic rings. The van der Waals surface area contributed by atoms with Gasteiger partial charge in [0.15, 0.2) is 6.04 Å². The van der Waals surface area contributed by atoms with Crippen molar-refractivity contribution in [1.82, 2.24) is 19.9 Å². The molecule has 1 atom stereocenters. The SMILES string of the molecule is Cc1ccc(-n2nnc(CC(=O)N3CCOC[C@@H]3C(=O)O)c2C)cc1. The second-order valence-corrected chi connectivity index (χ2v) is 6.06. The first kappa shape index (κ1) is 17.1. The van der Waals surface area contributed by atoms with Gasteiger partial charge < -0.3 is 14.7 Å². The molecule has 0 aliphatic carbocycles. The summed E-state index contributed by atoms with van der Waals surface area (Å²) in [7, 11) is 0. The van der Waals surface area contributed by atoms with Crippen molar-refractivity contribution >= 4 is 11.9 Å². The Kier molecular flexibility index (Phi) is 4.80. The van der Waals surface area contributed by atoms with Crippen LogP contribution < -0.4 is 0 Å². The molecule has 0 radical (unpaired) electrons. The molecule has 25 heavy (non-hydrogen) atoms. The van der Waals surface area contributed by atoms with Gasteiger partial charge in [0.2, 0.25) is 5.91 Å². The van der Waals surface area contributed by atoms with Gasteiger partial charge in [0.05, 0.1) is 36.7 Å². The summed E-state index contributed by atoms with van der Waals surface area (Å²) in [4.78, 5) is 25.2. The lowest BCUT2D eigenvalue weighted by Crippen LogP contribution is -2.53. The Labute approximate surface area is 145 Å². The Balaban J connectivity index is 1.78. The predicted octanol–water partition coefficient (Wildman–Crippen LogP) is 0.739. The van der Waals surface area contributed by atoms with E-state index in [0.29, 0.717) is 12.3 Å². The summed E-state index contributed by atoms with van der Waals surface area (Å²) in [6.45, 7) is 4.46. The molecule has 1 saturated heterocycles. The maximum absolute atomic E-state index is 12.6. The minimum atomic E-state index is -1.06. The van der Waals surface area contributed by atoms with Gasteiger partial charge in [-0.05, 0) is 26.0 Å². The van der Waals surface area contributed by atoms with E-state index in [1.807, 2.05) is 38.1 Å². The summed E-state index contributed by atoms with van der Waals surface area (Å²) in [6, 6.07) is 6.88. The van der Waals surface area contributed by atoms with Crippen LogP contribution in [0, 0.1) is 13.8 Å².